The summed E-state index contributed by atoms with van der Waals surface area (Å²) in [6, 6.07) is 14.7. The summed E-state index contributed by atoms with van der Waals surface area (Å²) < 4.78 is 31.8. The molecule has 23 heavy (non-hydrogen) atoms. The van der Waals surface area contributed by atoms with Crippen LogP contribution in [0.3, 0.4) is 0 Å². The van der Waals surface area contributed by atoms with Gasteiger partial charge in [0.25, 0.3) is 10.0 Å². The first-order valence-electron chi connectivity index (χ1n) is 7.35. The number of hydrogen-bond acceptors (Lipinski definition) is 4. The summed E-state index contributed by atoms with van der Waals surface area (Å²) in [5.74, 6) is -0.466. The maximum atomic E-state index is 12.8. The molecular weight excluding hydrogens is 314 g/mol. The molecule has 0 spiro atoms. The Balaban J connectivity index is 2.33. The molecule has 0 saturated carbocycles. The number of esters is 1. The highest BCUT2D eigenvalue weighted by Crippen LogP contribution is 2.23. The Morgan fingerprint density at radius 3 is 2.13 bits per heavy atom. The number of rotatable bonds is 6. The van der Waals surface area contributed by atoms with E-state index in [4.69, 9.17) is 4.74 Å². The highest BCUT2D eigenvalue weighted by molar-refractivity contribution is 7.92. The van der Waals surface area contributed by atoms with Gasteiger partial charge in [-0.3, -0.25) is 4.31 Å². The first-order valence-corrected chi connectivity index (χ1v) is 8.79. The van der Waals surface area contributed by atoms with Gasteiger partial charge in [0.05, 0.1) is 22.8 Å². The summed E-state index contributed by atoms with van der Waals surface area (Å²) in [5, 5.41) is 0. The maximum Gasteiger partial charge on any atom is 0.338 e. The average Bonchev–Trinajstić information content (AvgIpc) is 2.56. The Labute approximate surface area is 136 Å². The quantitative estimate of drug-likeness (QED) is 0.762. The van der Waals surface area contributed by atoms with E-state index in [1.807, 2.05) is 6.07 Å². The average molecular weight is 333 g/mol. The second-order valence-corrected chi connectivity index (χ2v) is 6.61. The third-order valence-corrected chi connectivity index (χ3v) is 5.20. The van der Waals surface area contributed by atoms with Crippen molar-refractivity contribution >= 4 is 21.7 Å². The van der Waals surface area contributed by atoms with Crippen molar-refractivity contribution in [2.75, 3.05) is 17.5 Å². The van der Waals surface area contributed by atoms with Gasteiger partial charge < -0.3 is 4.74 Å². The van der Waals surface area contributed by atoms with Gasteiger partial charge in [0.2, 0.25) is 0 Å². The maximum absolute atomic E-state index is 12.8. The lowest BCUT2D eigenvalue weighted by Crippen LogP contribution is -2.30. The summed E-state index contributed by atoms with van der Waals surface area (Å²) in [7, 11) is -3.68. The lowest BCUT2D eigenvalue weighted by atomic mass is 10.2. The van der Waals surface area contributed by atoms with E-state index < -0.39 is 16.0 Å². The van der Waals surface area contributed by atoms with Gasteiger partial charge in [-0.05, 0) is 50.2 Å². The van der Waals surface area contributed by atoms with Gasteiger partial charge in [-0.2, -0.15) is 0 Å². The number of para-hydroxylation sites is 1. The number of carbonyl (C=O) groups is 1. The van der Waals surface area contributed by atoms with Crippen molar-refractivity contribution in [1.29, 1.82) is 0 Å². The number of benzene rings is 2. The zero-order valence-corrected chi connectivity index (χ0v) is 13.9. The van der Waals surface area contributed by atoms with E-state index in [0.29, 0.717) is 17.8 Å². The number of anilines is 1. The van der Waals surface area contributed by atoms with Crippen molar-refractivity contribution in [3.63, 3.8) is 0 Å². The molecule has 6 heteroatoms. The molecule has 0 heterocycles. The molecule has 0 amide bonds. The van der Waals surface area contributed by atoms with E-state index in [0.717, 1.165) is 0 Å². The van der Waals surface area contributed by atoms with Gasteiger partial charge in [-0.25, -0.2) is 13.2 Å². The van der Waals surface area contributed by atoms with E-state index in [2.05, 4.69) is 0 Å². The molecule has 122 valence electrons. The monoisotopic (exact) mass is 333 g/mol. The number of ether oxygens (including phenoxy) is 1. The highest BCUT2D eigenvalue weighted by Gasteiger charge is 2.23. The van der Waals surface area contributed by atoms with Crippen LogP contribution in [0.15, 0.2) is 59.5 Å². The van der Waals surface area contributed by atoms with Gasteiger partial charge in [-0.1, -0.05) is 18.2 Å². The molecule has 0 unspecified atom stereocenters. The molecule has 0 aromatic heterocycles. The third-order valence-electron chi connectivity index (χ3n) is 3.28. The van der Waals surface area contributed by atoms with E-state index >= 15 is 0 Å². The van der Waals surface area contributed by atoms with E-state index in [1.165, 1.54) is 28.6 Å². The van der Waals surface area contributed by atoms with Crippen molar-refractivity contribution in [3.05, 3.63) is 60.2 Å². The number of carbonyl (C=O) groups excluding carboxylic acids is 1. The predicted octanol–water partition coefficient (Wildman–Crippen LogP) is 3.08. The Bertz CT molecular complexity index is 755. The highest BCUT2D eigenvalue weighted by atomic mass is 32.2. The minimum atomic E-state index is -3.68. The van der Waals surface area contributed by atoms with Crippen LogP contribution in [0.1, 0.15) is 24.2 Å². The van der Waals surface area contributed by atoms with Crippen LogP contribution in [0, 0.1) is 0 Å². The summed E-state index contributed by atoms with van der Waals surface area (Å²) in [4.78, 5) is 11.8. The summed E-state index contributed by atoms with van der Waals surface area (Å²) in [5.41, 5.74) is 0.929. The molecule has 0 bridgehead atoms. The SMILES string of the molecule is CCOC(=O)c1ccc(S(=O)(=O)N(CC)c2ccccc2)cc1. The van der Waals surface area contributed by atoms with Crippen molar-refractivity contribution in [1.82, 2.24) is 0 Å². The molecule has 2 rings (SSSR count). The number of nitrogens with zero attached hydrogens (tertiary/aromatic N) is 1. The van der Waals surface area contributed by atoms with Crippen molar-refractivity contribution in [2.45, 2.75) is 18.7 Å². The molecular formula is C17H19NO4S. The summed E-state index contributed by atoms with van der Waals surface area (Å²) in [6.07, 6.45) is 0. The van der Waals surface area contributed by atoms with Gasteiger partial charge >= 0.3 is 5.97 Å². The third kappa shape index (κ3) is 3.71. The molecule has 0 radical (unpaired) electrons. The smallest absolute Gasteiger partial charge is 0.338 e. The van der Waals surface area contributed by atoms with Gasteiger partial charge in [0, 0.05) is 6.54 Å². The van der Waals surface area contributed by atoms with Crippen LogP contribution in [-0.2, 0) is 14.8 Å². The minimum Gasteiger partial charge on any atom is -0.462 e. The van der Waals surface area contributed by atoms with Gasteiger partial charge in [-0.15, -0.1) is 0 Å². The van der Waals surface area contributed by atoms with E-state index in [-0.39, 0.29) is 11.5 Å². The summed E-state index contributed by atoms with van der Waals surface area (Å²) >= 11 is 0. The topological polar surface area (TPSA) is 63.7 Å². The Morgan fingerprint density at radius 1 is 1.00 bits per heavy atom. The Kier molecular flexibility index (Phi) is 5.39. The molecule has 0 aliphatic heterocycles. The molecule has 0 N–H and O–H groups in total. The van der Waals surface area contributed by atoms with Crippen molar-refractivity contribution in [2.24, 2.45) is 0 Å². The molecule has 5 nitrogen and oxygen atoms in total. The van der Waals surface area contributed by atoms with Gasteiger partial charge in [0.15, 0.2) is 0 Å². The zero-order valence-electron chi connectivity index (χ0n) is 13.1. The standard InChI is InChI=1S/C17H19NO4S/c1-3-18(15-8-6-5-7-9-15)23(20,21)16-12-10-14(11-13-16)17(19)22-4-2/h5-13H,3-4H2,1-2H3. The lowest BCUT2D eigenvalue weighted by molar-refractivity contribution is 0.0526. The van der Waals surface area contributed by atoms with Crippen LogP contribution in [0.5, 0.6) is 0 Å². The van der Waals surface area contributed by atoms with E-state index in [9.17, 15) is 13.2 Å². The Morgan fingerprint density at radius 2 is 1.61 bits per heavy atom. The second kappa shape index (κ2) is 7.28. The molecule has 0 saturated heterocycles. The fourth-order valence-corrected chi connectivity index (χ4v) is 3.66. The van der Waals surface area contributed by atoms with Crippen LogP contribution < -0.4 is 4.31 Å². The molecule has 0 aliphatic carbocycles. The Hall–Kier alpha value is -2.34. The van der Waals surface area contributed by atoms with Crippen LogP contribution in [0.2, 0.25) is 0 Å². The summed E-state index contributed by atoms with van der Waals surface area (Å²) in [6.45, 7) is 4.08. The van der Waals surface area contributed by atoms with Crippen LogP contribution in [0.4, 0.5) is 5.69 Å². The normalized spacial score (nSPS) is 11.0. The first kappa shape index (κ1) is 17.0. The molecule has 0 aliphatic rings. The number of sulfonamides is 1. The van der Waals surface area contributed by atoms with Crippen molar-refractivity contribution < 1.29 is 17.9 Å². The molecule has 2 aromatic carbocycles. The lowest BCUT2D eigenvalue weighted by Gasteiger charge is -2.22. The predicted molar refractivity (Wildman–Crippen MR) is 89.0 cm³/mol. The minimum absolute atomic E-state index is 0.135. The van der Waals surface area contributed by atoms with Crippen molar-refractivity contribution in [3.8, 4) is 0 Å². The molecule has 2 aromatic rings. The zero-order chi connectivity index (χ0) is 16.9. The van der Waals surface area contributed by atoms with Crippen LogP contribution >= 0.6 is 0 Å². The largest absolute Gasteiger partial charge is 0.462 e. The van der Waals surface area contributed by atoms with Crippen LogP contribution in [0.25, 0.3) is 0 Å². The fraction of sp³-hybridized carbons (Fsp3) is 0.235. The van der Waals surface area contributed by atoms with Crippen LogP contribution in [-0.4, -0.2) is 27.5 Å². The number of hydrogen-bond donors (Lipinski definition) is 0. The molecule has 0 fully saturated rings. The first-order chi connectivity index (χ1) is 11.0. The fourth-order valence-electron chi connectivity index (χ4n) is 2.19. The van der Waals surface area contributed by atoms with E-state index in [1.54, 1.807) is 38.1 Å². The second-order valence-electron chi connectivity index (χ2n) is 4.75. The molecule has 0 atom stereocenters. The van der Waals surface area contributed by atoms with Gasteiger partial charge in [0.1, 0.15) is 0 Å².